The van der Waals surface area contributed by atoms with Gasteiger partial charge in [0.25, 0.3) is 0 Å². The quantitative estimate of drug-likeness (QED) is 0.463. The van der Waals surface area contributed by atoms with Gasteiger partial charge in [0.15, 0.2) is 0 Å². The molecule has 0 spiro atoms. The summed E-state index contributed by atoms with van der Waals surface area (Å²) >= 11 is 0. The molecule has 0 aliphatic heterocycles. The molecule has 0 atom stereocenters. The number of carbonyl (C=O) groups is 1. The van der Waals surface area contributed by atoms with Crippen molar-refractivity contribution in [3.05, 3.63) is 60.2 Å². The van der Waals surface area contributed by atoms with Crippen molar-refractivity contribution in [2.24, 2.45) is 0 Å². The molecule has 3 nitrogen and oxygen atoms in total. The van der Waals surface area contributed by atoms with Gasteiger partial charge in [-0.2, -0.15) is 4.89 Å². The Bertz CT molecular complexity index is 535. The minimum atomic E-state index is -0.466. The Kier molecular flexibility index (Phi) is 4.70. The van der Waals surface area contributed by atoms with Crippen LogP contribution in [0.15, 0.2) is 54.6 Å². The molecule has 0 heterocycles. The smallest absolute Gasteiger partial charge is 0.293 e. The molecule has 0 amide bonds. The zero-order valence-corrected chi connectivity index (χ0v) is 10.8. The molecule has 0 N–H and O–H groups in total. The van der Waals surface area contributed by atoms with Crippen LogP contribution in [0.5, 0.6) is 0 Å². The van der Waals surface area contributed by atoms with Crippen LogP contribution in [0.1, 0.15) is 23.7 Å². The van der Waals surface area contributed by atoms with Crippen molar-refractivity contribution in [2.75, 3.05) is 6.61 Å². The SMILES string of the molecule is CCCOOC(=O)c1cccc(-c2ccccc2)c1. The molecule has 0 aliphatic rings. The highest BCUT2D eigenvalue weighted by atomic mass is 17.2. The van der Waals surface area contributed by atoms with Gasteiger partial charge in [-0.3, -0.25) is 4.89 Å². The number of hydrogen-bond acceptors (Lipinski definition) is 3. The molecule has 0 fully saturated rings. The maximum Gasteiger partial charge on any atom is 0.373 e. The largest absolute Gasteiger partial charge is 0.373 e. The monoisotopic (exact) mass is 256 g/mol. The van der Waals surface area contributed by atoms with Crippen LogP contribution in [0.3, 0.4) is 0 Å². The summed E-state index contributed by atoms with van der Waals surface area (Å²) in [5.74, 6) is -0.466. The lowest BCUT2D eigenvalue weighted by Gasteiger charge is -2.05. The van der Waals surface area contributed by atoms with E-state index in [-0.39, 0.29) is 0 Å². The van der Waals surface area contributed by atoms with Gasteiger partial charge in [0.1, 0.15) is 0 Å². The van der Waals surface area contributed by atoms with E-state index >= 15 is 0 Å². The first-order valence-corrected chi connectivity index (χ1v) is 6.30. The molecule has 3 heteroatoms. The molecule has 0 bridgehead atoms. The van der Waals surface area contributed by atoms with Crippen LogP contribution >= 0.6 is 0 Å². The van der Waals surface area contributed by atoms with Gasteiger partial charge in [0, 0.05) is 0 Å². The van der Waals surface area contributed by atoms with Crippen LogP contribution in [0.4, 0.5) is 0 Å². The van der Waals surface area contributed by atoms with Crippen LogP contribution in [0, 0.1) is 0 Å². The summed E-state index contributed by atoms with van der Waals surface area (Å²) in [6.45, 7) is 2.36. The Morgan fingerprint density at radius 2 is 1.74 bits per heavy atom. The summed E-state index contributed by atoms with van der Waals surface area (Å²) in [5.41, 5.74) is 2.52. The predicted molar refractivity (Wildman–Crippen MR) is 73.5 cm³/mol. The first-order chi connectivity index (χ1) is 9.31. The molecule has 0 aliphatic carbocycles. The summed E-state index contributed by atoms with van der Waals surface area (Å²) < 4.78 is 0. The van der Waals surface area contributed by atoms with Crippen molar-refractivity contribution < 1.29 is 14.6 Å². The fourth-order valence-corrected chi connectivity index (χ4v) is 1.68. The van der Waals surface area contributed by atoms with Gasteiger partial charge in [-0.25, -0.2) is 4.79 Å². The Labute approximate surface area is 112 Å². The van der Waals surface area contributed by atoms with E-state index in [1.54, 1.807) is 12.1 Å². The molecule has 0 unspecified atom stereocenters. The summed E-state index contributed by atoms with van der Waals surface area (Å²) in [5, 5.41) is 0. The maximum atomic E-state index is 11.8. The second-order valence-corrected chi connectivity index (χ2v) is 4.14. The molecule has 0 radical (unpaired) electrons. The van der Waals surface area contributed by atoms with Crippen LogP contribution in [0.2, 0.25) is 0 Å². The first-order valence-electron chi connectivity index (χ1n) is 6.30. The molecular formula is C16H16O3. The zero-order chi connectivity index (χ0) is 13.5. The average molecular weight is 256 g/mol. The lowest BCUT2D eigenvalue weighted by atomic mass is 10.0. The molecule has 19 heavy (non-hydrogen) atoms. The third-order valence-electron chi connectivity index (χ3n) is 2.63. The van der Waals surface area contributed by atoms with Gasteiger partial charge in [0.05, 0.1) is 12.2 Å². The third kappa shape index (κ3) is 3.66. The average Bonchev–Trinajstić information content (AvgIpc) is 2.48. The number of rotatable bonds is 5. The third-order valence-corrected chi connectivity index (χ3v) is 2.63. The zero-order valence-electron chi connectivity index (χ0n) is 10.8. The summed E-state index contributed by atoms with van der Waals surface area (Å²) in [7, 11) is 0. The molecule has 0 aromatic heterocycles. The van der Waals surface area contributed by atoms with E-state index in [1.165, 1.54) is 0 Å². The van der Waals surface area contributed by atoms with E-state index in [9.17, 15) is 4.79 Å². The Morgan fingerprint density at radius 3 is 2.47 bits per heavy atom. The van der Waals surface area contributed by atoms with Crippen molar-refractivity contribution >= 4 is 5.97 Å². The minimum absolute atomic E-state index is 0.407. The fourth-order valence-electron chi connectivity index (χ4n) is 1.68. The summed E-state index contributed by atoms with van der Waals surface area (Å²) in [6.07, 6.45) is 0.803. The summed E-state index contributed by atoms with van der Waals surface area (Å²) in [4.78, 5) is 21.3. The number of hydrogen-bond donors (Lipinski definition) is 0. The highest BCUT2D eigenvalue weighted by Crippen LogP contribution is 2.20. The van der Waals surface area contributed by atoms with Gasteiger partial charge in [0.2, 0.25) is 0 Å². The van der Waals surface area contributed by atoms with E-state index in [0.29, 0.717) is 12.2 Å². The second kappa shape index (κ2) is 6.71. The van der Waals surface area contributed by atoms with Gasteiger partial charge >= 0.3 is 5.97 Å². The van der Waals surface area contributed by atoms with Crippen LogP contribution < -0.4 is 0 Å². The Morgan fingerprint density at radius 1 is 1.00 bits per heavy atom. The normalized spacial score (nSPS) is 10.2. The molecule has 0 saturated carbocycles. The van der Waals surface area contributed by atoms with E-state index < -0.39 is 5.97 Å². The van der Waals surface area contributed by atoms with Crippen LogP contribution in [-0.4, -0.2) is 12.6 Å². The first kappa shape index (κ1) is 13.3. The maximum absolute atomic E-state index is 11.8. The molecular weight excluding hydrogens is 240 g/mol. The standard InChI is InChI=1S/C16H16O3/c1-2-11-18-19-16(17)15-10-6-9-14(12-15)13-7-4-3-5-8-13/h3-10,12H,2,11H2,1H3. The van der Waals surface area contributed by atoms with Crippen LogP contribution in [-0.2, 0) is 9.78 Å². The highest BCUT2D eigenvalue weighted by molar-refractivity contribution is 5.90. The van der Waals surface area contributed by atoms with Crippen molar-refractivity contribution in [1.29, 1.82) is 0 Å². The molecule has 2 aromatic rings. The second-order valence-electron chi connectivity index (χ2n) is 4.14. The molecule has 0 saturated heterocycles. The van der Waals surface area contributed by atoms with Crippen molar-refractivity contribution in [3.8, 4) is 11.1 Å². The van der Waals surface area contributed by atoms with Gasteiger partial charge in [-0.05, 0) is 29.7 Å². The van der Waals surface area contributed by atoms with Crippen molar-refractivity contribution in [3.63, 3.8) is 0 Å². The lowest BCUT2D eigenvalue weighted by Crippen LogP contribution is -2.06. The van der Waals surface area contributed by atoms with Gasteiger partial charge in [-0.15, -0.1) is 0 Å². The predicted octanol–water partition coefficient (Wildman–Crippen LogP) is 3.85. The summed E-state index contributed by atoms with van der Waals surface area (Å²) in [6, 6.07) is 17.2. The Hall–Kier alpha value is -2.13. The van der Waals surface area contributed by atoms with E-state index in [2.05, 4.69) is 0 Å². The van der Waals surface area contributed by atoms with Gasteiger partial charge in [-0.1, -0.05) is 49.4 Å². The minimum Gasteiger partial charge on any atom is -0.293 e. The molecule has 98 valence electrons. The Balaban J connectivity index is 2.13. The van der Waals surface area contributed by atoms with E-state index in [0.717, 1.165) is 17.5 Å². The van der Waals surface area contributed by atoms with Crippen molar-refractivity contribution in [2.45, 2.75) is 13.3 Å². The topological polar surface area (TPSA) is 35.5 Å². The number of benzene rings is 2. The molecule has 2 rings (SSSR count). The fraction of sp³-hybridized carbons (Fsp3) is 0.188. The van der Waals surface area contributed by atoms with E-state index in [4.69, 9.17) is 9.78 Å². The van der Waals surface area contributed by atoms with Crippen LogP contribution in [0.25, 0.3) is 11.1 Å². The van der Waals surface area contributed by atoms with Crippen molar-refractivity contribution in [1.82, 2.24) is 0 Å². The molecule has 2 aromatic carbocycles. The number of carbonyl (C=O) groups excluding carboxylic acids is 1. The highest BCUT2D eigenvalue weighted by Gasteiger charge is 2.09. The van der Waals surface area contributed by atoms with Gasteiger partial charge < -0.3 is 0 Å². The lowest BCUT2D eigenvalue weighted by molar-refractivity contribution is -0.240. The van der Waals surface area contributed by atoms with E-state index in [1.807, 2.05) is 49.4 Å².